The van der Waals surface area contributed by atoms with Gasteiger partial charge in [0.05, 0.1) is 13.2 Å². The fraction of sp³-hybridized carbons (Fsp3) is 0.556. The molecule has 1 aliphatic carbocycles. The largest absolute Gasteiger partial charge is 0.497 e. The number of benzene rings is 1. The van der Waals surface area contributed by atoms with Crippen molar-refractivity contribution in [2.24, 2.45) is 0 Å². The summed E-state index contributed by atoms with van der Waals surface area (Å²) >= 11 is 0. The molecular formula is C18H27NO2. The lowest BCUT2D eigenvalue weighted by Crippen LogP contribution is -2.33. The van der Waals surface area contributed by atoms with Crippen molar-refractivity contribution in [2.45, 2.75) is 51.2 Å². The first-order chi connectivity index (χ1) is 10.2. The van der Waals surface area contributed by atoms with Crippen LogP contribution >= 0.6 is 0 Å². The molecule has 21 heavy (non-hydrogen) atoms. The Bertz CT molecular complexity index is 470. The van der Waals surface area contributed by atoms with Crippen molar-refractivity contribution in [1.82, 2.24) is 5.32 Å². The molecule has 0 heterocycles. The van der Waals surface area contributed by atoms with E-state index in [1.165, 1.54) is 25.7 Å². The molecule has 3 heteroatoms. The number of methoxy groups -OCH3 is 1. The molecule has 1 aliphatic rings. The molecule has 2 N–H and O–H groups in total. The van der Waals surface area contributed by atoms with Crippen LogP contribution in [0.15, 0.2) is 35.9 Å². The fourth-order valence-electron chi connectivity index (χ4n) is 2.82. The second-order valence-electron chi connectivity index (χ2n) is 5.82. The SMILES string of the molecule is COc1cccc(C(O)C(C)NCCC2=CCCCC2)c1. The van der Waals surface area contributed by atoms with Gasteiger partial charge >= 0.3 is 0 Å². The van der Waals surface area contributed by atoms with Gasteiger partial charge in [0.15, 0.2) is 0 Å². The smallest absolute Gasteiger partial charge is 0.119 e. The highest BCUT2D eigenvalue weighted by atomic mass is 16.5. The molecule has 2 unspecified atom stereocenters. The molecule has 0 aliphatic heterocycles. The Morgan fingerprint density at radius 2 is 2.19 bits per heavy atom. The van der Waals surface area contributed by atoms with Gasteiger partial charge in [0.2, 0.25) is 0 Å². The Labute approximate surface area is 128 Å². The summed E-state index contributed by atoms with van der Waals surface area (Å²) < 4.78 is 5.21. The summed E-state index contributed by atoms with van der Waals surface area (Å²) in [5.41, 5.74) is 2.46. The highest BCUT2D eigenvalue weighted by Gasteiger charge is 2.16. The Morgan fingerprint density at radius 3 is 2.90 bits per heavy atom. The van der Waals surface area contributed by atoms with Crippen molar-refractivity contribution in [3.63, 3.8) is 0 Å². The maximum Gasteiger partial charge on any atom is 0.119 e. The van der Waals surface area contributed by atoms with Crippen LogP contribution < -0.4 is 10.1 Å². The number of aliphatic hydroxyl groups is 1. The quantitative estimate of drug-likeness (QED) is 0.754. The molecule has 1 aromatic carbocycles. The van der Waals surface area contributed by atoms with Gasteiger partial charge in [0, 0.05) is 6.04 Å². The van der Waals surface area contributed by atoms with E-state index in [9.17, 15) is 5.11 Å². The minimum atomic E-state index is -0.513. The molecule has 0 radical (unpaired) electrons. The van der Waals surface area contributed by atoms with Crippen LogP contribution in [0.3, 0.4) is 0 Å². The number of hydrogen-bond acceptors (Lipinski definition) is 3. The van der Waals surface area contributed by atoms with E-state index in [2.05, 4.69) is 11.4 Å². The van der Waals surface area contributed by atoms with Gasteiger partial charge in [-0.1, -0.05) is 23.8 Å². The molecule has 0 saturated heterocycles. The van der Waals surface area contributed by atoms with Crippen LogP contribution in [0, 0.1) is 0 Å². The van der Waals surface area contributed by atoms with Gasteiger partial charge in [0.25, 0.3) is 0 Å². The summed E-state index contributed by atoms with van der Waals surface area (Å²) in [5, 5.41) is 13.8. The predicted molar refractivity (Wildman–Crippen MR) is 86.6 cm³/mol. The Hall–Kier alpha value is -1.32. The van der Waals surface area contributed by atoms with Crippen LogP contribution in [-0.2, 0) is 0 Å². The van der Waals surface area contributed by atoms with Crippen LogP contribution in [0.1, 0.15) is 50.7 Å². The average molecular weight is 289 g/mol. The van der Waals surface area contributed by atoms with Gasteiger partial charge in [-0.2, -0.15) is 0 Å². The summed E-state index contributed by atoms with van der Waals surface area (Å²) in [5.74, 6) is 0.783. The van der Waals surface area contributed by atoms with Crippen LogP contribution in [0.4, 0.5) is 0 Å². The van der Waals surface area contributed by atoms with Gasteiger partial charge in [-0.05, 0) is 63.3 Å². The van der Waals surface area contributed by atoms with Gasteiger partial charge in [-0.3, -0.25) is 0 Å². The van der Waals surface area contributed by atoms with Crippen molar-refractivity contribution in [3.05, 3.63) is 41.5 Å². The van der Waals surface area contributed by atoms with Crippen molar-refractivity contribution < 1.29 is 9.84 Å². The van der Waals surface area contributed by atoms with Crippen molar-refractivity contribution >= 4 is 0 Å². The highest BCUT2D eigenvalue weighted by Crippen LogP contribution is 2.22. The van der Waals surface area contributed by atoms with Crippen LogP contribution in [0.25, 0.3) is 0 Å². The zero-order valence-corrected chi connectivity index (χ0v) is 13.1. The highest BCUT2D eigenvalue weighted by molar-refractivity contribution is 5.30. The molecule has 3 nitrogen and oxygen atoms in total. The molecule has 0 amide bonds. The fourth-order valence-corrected chi connectivity index (χ4v) is 2.82. The van der Waals surface area contributed by atoms with E-state index in [1.54, 1.807) is 12.7 Å². The molecular weight excluding hydrogens is 262 g/mol. The standard InChI is InChI=1S/C18H27NO2/c1-14(19-12-11-15-7-4-3-5-8-15)18(20)16-9-6-10-17(13-16)21-2/h6-7,9-10,13-14,18-20H,3-5,8,11-12H2,1-2H3. The molecule has 0 bridgehead atoms. The lowest BCUT2D eigenvalue weighted by Gasteiger charge is -2.22. The van der Waals surface area contributed by atoms with Gasteiger partial charge in [-0.15, -0.1) is 0 Å². The first kappa shape index (κ1) is 16.1. The number of rotatable bonds is 7. The van der Waals surface area contributed by atoms with E-state index in [1.807, 2.05) is 31.2 Å². The third kappa shape index (κ3) is 4.87. The minimum Gasteiger partial charge on any atom is -0.497 e. The first-order valence-electron chi connectivity index (χ1n) is 7.94. The van der Waals surface area contributed by atoms with Crippen LogP contribution in [0.2, 0.25) is 0 Å². The second kappa shape index (κ2) is 8.20. The van der Waals surface area contributed by atoms with Crippen molar-refractivity contribution in [3.8, 4) is 5.75 Å². The second-order valence-corrected chi connectivity index (χ2v) is 5.82. The molecule has 2 rings (SSSR count). The molecule has 116 valence electrons. The zero-order valence-electron chi connectivity index (χ0n) is 13.1. The van der Waals surface area contributed by atoms with Gasteiger partial charge in [-0.25, -0.2) is 0 Å². The predicted octanol–water partition coefficient (Wildman–Crippen LogP) is 3.60. The van der Waals surface area contributed by atoms with E-state index in [0.717, 1.165) is 24.3 Å². The number of nitrogens with one attached hydrogen (secondary N) is 1. The first-order valence-corrected chi connectivity index (χ1v) is 7.94. The molecule has 1 aromatic rings. The summed E-state index contributed by atoms with van der Waals surface area (Å²) in [6, 6.07) is 7.67. The van der Waals surface area contributed by atoms with Crippen LogP contribution in [0.5, 0.6) is 5.75 Å². The Kier molecular flexibility index (Phi) is 6.27. The lowest BCUT2D eigenvalue weighted by molar-refractivity contribution is 0.136. The third-order valence-electron chi connectivity index (χ3n) is 4.21. The monoisotopic (exact) mass is 289 g/mol. The zero-order chi connectivity index (χ0) is 15.1. The van der Waals surface area contributed by atoms with E-state index in [0.29, 0.717) is 0 Å². The van der Waals surface area contributed by atoms with E-state index in [-0.39, 0.29) is 6.04 Å². The molecule has 0 fully saturated rings. The van der Waals surface area contributed by atoms with E-state index in [4.69, 9.17) is 4.74 Å². The Balaban J connectivity index is 1.81. The Morgan fingerprint density at radius 1 is 1.33 bits per heavy atom. The summed E-state index contributed by atoms with van der Waals surface area (Å²) in [6.07, 6.45) is 8.10. The molecule has 2 atom stereocenters. The average Bonchev–Trinajstić information content (AvgIpc) is 2.55. The topological polar surface area (TPSA) is 41.5 Å². The number of aliphatic hydroxyl groups excluding tert-OH is 1. The molecule has 0 saturated carbocycles. The summed E-state index contributed by atoms with van der Waals surface area (Å²) in [4.78, 5) is 0. The van der Waals surface area contributed by atoms with Crippen molar-refractivity contribution in [1.29, 1.82) is 0 Å². The van der Waals surface area contributed by atoms with Gasteiger partial charge < -0.3 is 15.2 Å². The number of hydrogen-bond donors (Lipinski definition) is 2. The number of allylic oxidation sites excluding steroid dienone is 1. The maximum atomic E-state index is 10.4. The third-order valence-corrected chi connectivity index (χ3v) is 4.21. The van der Waals surface area contributed by atoms with E-state index >= 15 is 0 Å². The number of ether oxygens (including phenoxy) is 1. The molecule has 0 spiro atoms. The summed E-state index contributed by atoms with van der Waals surface area (Å²) in [6.45, 7) is 2.95. The van der Waals surface area contributed by atoms with Gasteiger partial charge in [0.1, 0.15) is 5.75 Å². The lowest BCUT2D eigenvalue weighted by atomic mass is 9.97. The maximum absolute atomic E-state index is 10.4. The molecule has 0 aromatic heterocycles. The van der Waals surface area contributed by atoms with Crippen molar-refractivity contribution in [2.75, 3.05) is 13.7 Å². The summed E-state index contributed by atoms with van der Waals surface area (Å²) in [7, 11) is 1.64. The van der Waals surface area contributed by atoms with E-state index < -0.39 is 6.10 Å². The normalized spacial score (nSPS) is 18.0. The minimum absolute atomic E-state index is 0.0290. The van der Waals surface area contributed by atoms with Crippen LogP contribution in [-0.4, -0.2) is 24.8 Å².